The summed E-state index contributed by atoms with van der Waals surface area (Å²) in [6, 6.07) is 7.37. The molecular formula is C12H15F2NOS. The van der Waals surface area contributed by atoms with E-state index in [0.717, 1.165) is 17.7 Å². The third-order valence-corrected chi connectivity index (χ3v) is 3.88. The van der Waals surface area contributed by atoms with E-state index in [9.17, 15) is 8.78 Å². The number of hydrogen-bond acceptors (Lipinski definition) is 3. The lowest BCUT2D eigenvalue weighted by atomic mass is 10.1. The van der Waals surface area contributed by atoms with Crippen LogP contribution in [0, 0.1) is 0 Å². The Morgan fingerprint density at radius 1 is 1.41 bits per heavy atom. The van der Waals surface area contributed by atoms with Gasteiger partial charge in [0.2, 0.25) is 0 Å². The second-order valence-corrected chi connectivity index (χ2v) is 5.24. The molecule has 0 amide bonds. The zero-order valence-corrected chi connectivity index (χ0v) is 10.3. The minimum Gasteiger partial charge on any atom is -0.434 e. The number of nitrogens with one attached hydrogen (secondary N) is 1. The van der Waals surface area contributed by atoms with Crippen molar-refractivity contribution in [3.05, 3.63) is 29.8 Å². The standard InChI is InChI=1S/C12H15F2NOS/c1-8-6-7-17-11(15-8)9-4-2-3-5-10(9)16-12(13)14/h2-5,8,11-12,15H,6-7H2,1H3. The van der Waals surface area contributed by atoms with E-state index in [1.54, 1.807) is 23.9 Å². The van der Waals surface area contributed by atoms with E-state index in [2.05, 4.69) is 17.0 Å². The summed E-state index contributed by atoms with van der Waals surface area (Å²) in [5.41, 5.74) is 0.796. The molecule has 1 heterocycles. The molecule has 1 aromatic carbocycles. The maximum absolute atomic E-state index is 12.3. The summed E-state index contributed by atoms with van der Waals surface area (Å²) >= 11 is 1.73. The van der Waals surface area contributed by atoms with Crippen molar-refractivity contribution >= 4 is 11.8 Å². The van der Waals surface area contributed by atoms with Gasteiger partial charge in [0.05, 0.1) is 5.37 Å². The lowest BCUT2D eigenvalue weighted by molar-refractivity contribution is -0.0505. The Labute approximate surface area is 104 Å². The number of para-hydroxylation sites is 1. The molecular weight excluding hydrogens is 244 g/mol. The van der Waals surface area contributed by atoms with Crippen LogP contribution in [0.25, 0.3) is 0 Å². The normalized spacial score (nSPS) is 24.9. The third-order valence-electron chi connectivity index (χ3n) is 2.69. The van der Waals surface area contributed by atoms with Gasteiger partial charge in [0, 0.05) is 11.6 Å². The highest BCUT2D eigenvalue weighted by Crippen LogP contribution is 2.36. The number of halogens is 2. The summed E-state index contributed by atoms with van der Waals surface area (Å²) < 4.78 is 29.1. The first-order chi connectivity index (χ1) is 8.16. The van der Waals surface area contributed by atoms with Crippen molar-refractivity contribution in [2.75, 3.05) is 5.75 Å². The Morgan fingerprint density at radius 3 is 2.88 bits per heavy atom. The van der Waals surface area contributed by atoms with Gasteiger partial charge in [0.15, 0.2) is 0 Å². The van der Waals surface area contributed by atoms with Crippen LogP contribution in [0.4, 0.5) is 8.78 Å². The largest absolute Gasteiger partial charge is 0.434 e. The molecule has 0 aliphatic carbocycles. The van der Waals surface area contributed by atoms with Gasteiger partial charge in [-0.2, -0.15) is 8.78 Å². The fourth-order valence-electron chi connectivity index (χ4n) is 1.83. The van der Waals surface area contributed by atoms with Crippen molar-refractivity contribution in [1.82, 2.24) is 5.32 Å². The number of rotatable bonds is 3. The van der Waals surface area contributed by atoms with E-state index in [4.69, 9.17) is 0 Å². The van der Waals surface area contributed by atoms with Crippen LogP contribution in [0.2, 0.25) is 0 Å². The van der Waals surface area contributed by atoms with Crippen molar-refractivity contribution < 1.29 is 13.5 Å². The highest BCUT2D eigenvalue weighted by molar-refractivity contribution is 7.99. The molecule has 0 radical (unpaired) electrons. The molecule has 2 nitrogen and oxygen atoms in total. The number of thioether (sulfide) groups is 1. The summed E-state index contributed by atoms with van der Waals surface area (Å²) in [5, 5.41) is 3.42. The molecule has 2 rings (SSSR count). The van der Waals surface area contributed by atoms with E-state index in [0.29, 0.717) is 6.04 Å². The zero-order valence-electron chi connectivity index (χ0n) is 9.53. The summed E-state index contributed by atoms with van der Waals surface area (Å²) in [6.07, 6.45) is 1.10. The van der Waals surface area contributed by atoms with Gasteiger partial charge in [0.1, 0.15) is 5.75 Å². The molecule has 17 heavy (non-hydrogen) atoms. The monoisotopic (exact) mass is 259 g/mol. The predicted molar refractivity (Wildman–Crippen MR) is 65.5 cm³/mol. The number of benzene rings is 1. The Kier molecular flexibility index (Phi) is 4.23. The maximum Gasteiger partial charge on any atom is 0.387 e. The van der Waals surface area contributed by atoms with E-state index < -0.39 is 6.61 Å². The quantitative estimate of drug-likeness (QED) is 0.899. The fourth-order valence-corrected chi connectivity index (χ4v) is 3.26. The smallest absolute Gasteiger partial charge is 0.387 e. The second kappa shape index (κ2) is 5.69. The van der Waals surface area contributed by atoms with Crippen molar-refractivity contribution in [3.63, 3.8) is 0 Å². The van der Waals surface area contributed by atoms with Crippen molar-refractivity contribution in [2.24, 2.45) is 0 Å². The van der Waals surface area contributed by atoms with Crippen LogP contribution in [0.1, 0.15) is 24.3 Å². The molecule has 1 aliphatic rings. The first kappa shape index (κ1) is 12.6. The number of ether oxygens (including phenoxy) is 1. The number of hydrogen-bond donors (Lipinski definition) is 1. The molecule has 1 saturated heterocycles. The molecule has 2 unspecified atom stereocenters. The maximum atomic E-state index is 12.3. The van der Waals surface area contributed by atoms with Gasteiger partial charge in [-0.25, -0.2) is 0 Å². The molecule has 2 atom stereocenters. The Hall–Kier alpha value is -0.810. The molecule has 1 aromatic rings. The van der Waals surface area contributed by atoms with Crippen LogP contribution in [0.5, 0.6) is 5.75 Å². The number of alkyl halides is 2. The third kappa shape index (κ3) is 3.33. The van der Waals surface area contributed by atoms with Crippen LogP contribution in [-0.4, -0.2) is 18.4 Å². The van der Waals surface area contributed by atoms with Crippen LogP contribution < -0.4 is 10.1 Å². The topological polar surface area (TPSA) is 21.3 Å². The summed E-state index contributed by atoms with van der Waals surface area (Å²) in [5.74, 6) is 1.29. The van der Waals surface area contributed by atoms with Crippen LogP contribution in [-0.2, 0) is 0 Å². The second-order valence-electron chi connectivity index (χ2n) is 4.02. The van der Waals surface area contributed by atoms with E-state index in [-0.39, 0.29) is 11.1 Å². The lowest BCUT2D eigenvalue weighted by Crippen LogP contribution is -2.33. The van der Waals surface area contributed by atoms with Crippen molar-refractivity contribution in [3.8, 4) is 5.75 Å². The molecule has 0 aromatic heterocycles. The molecule has 1 aliphatic heterocycles. The van der Waals surface area contributed by atoms with Gasteiger partial charge in [0.25, 0.3) is 0 Å². The first-order valence-electron chi connectivity index (χ1n) is 5.58. The molecule has 0 bridgehead atoms. The molecule has 1 N–H and O–H groups in total. The molecule has 0 spiro atoms. The van der Waals surface area contributed by atoms with Gasteiger partial charge >= 0.3 is 6.61 Å². The molecule has 94 valence electrons. The fraction of sp³-hybridized carbons (Fsp3) is 0.500. The van der Waals surface area contributed by atoms with E-state index in [1.807, 2.05) is 12.1 Å². The molecule has 0 saturated carbocycles. The summed E-state index contributed by atoms with van der Waals surface area (Å²) in [7, 11) is 0. The average molecular weight is 259 g/mol. The minimum atomic E-state index is -2.78. The highest BCUT2D eigenvalue weighted by Gasteiger charge is 2.23. The van der Waals surface area contributed by atoms with Gasteiger partial charge in [-0.05, 0) is 25.2 Å². The molecule has 1 fully saturated rings. The van der Waals surface area contributed by atoms with Crippen LogP contribution in [0.15, 0.2) is 24.3 Å². The molecule has 5 heteroatoms. The van der Waals surface area contributed by atoms with E-state index in [1.165, 1.54) is 0 Å². The van der Waals surface area contributed by atoms with Crippen molar-refractivity contribution in [2.45, 2.75) is 31.4 Å². The Morgan fingerprint density at radius 2 is 2.18 bits per heavy atom. The van der Waals surface area contributed by atoms with Gasteiger partial charge < -0.3 is 4.74 Å². The summed E-state index contributed by atoms with van der Waals surface area (Å²) in [6.45, 7) is -0.675. The van der Waals surface area contributed by atoms with Gasteiger partial charge in [-0.15, -0.1) is 11.8 Å². The lowest BCUT2D eigenvalue weighted by Gasteiger charge is -2.29. The Balaban J connectivity index is 2.18. The Bertz CT molecular complexity index is 375. The zero-order chi connectivity index (χ0) is 12.3. The average Bonchev–Trinajstić information content (AvgIpc) is 2.29. The van der Waals surface area contributed by atoms with Crippen LogP contribution >= 0.6 is 11.8 Å². The summed E-state index contributed by atoms with van der Waals surface area (Å²) in [4.78, 5) is 0. The van der Waals surface area contributed by atoms with Crippen LogP contribution in [0.3, 0.4) is 0 Å². The first-order valence-corrected chi connectivity index (χ1v) is 6.63. The highest BCUT2D eigenvalue weighted by atomic mass is 32.2. The van der Waals surface area contributed by atoms with E-state index >= 15 is 0 Å². The predicted octanol–water partition coefficient (Wildman–Crippen LogP) is 3.40. The van der Waals surface area contributed by atoms with Gasteiger partial charge in [-0.3, -0.25) is 5.32 Å². The minimum absolute atomic E-state index is 0.0358. The SMILES string of the molecule is CC1CCSC(c2ccccc2OC(F)F)N1. The van der Waals surface area contributed by atoms with Crippen molar-refractivity contribution in [1.29, 1.82) is 0 Å². The van der Waals surface area contributed by atoms with Gasteiger partial charge in [-0.1, -0.05) is 18.2 Å².